The maximum Gasteiger partial charge on any atom is 0.419 e. The van der Waals surface area contributed by atoms with Crippen molar-refractivity contribution in [1.82, 2.24) is 4.98 Å². The first kappa shape index (κ1) is 15.1. The van der Waals surface area contributed by atoms with Crippen LogP contribution in [0.5, 0.6) is 0 Å². The van der Waals surface area contributed by atoms with Crippen LogP contribution in [0.15, 0.2) is 18.3 Å². The number of pyridine rings is 1. The molecule has 112 valence electrons. The summed E-state index contributed by atoms with van der Waals surface area (Å²) in [6.45, 7) is 3.77. The minimum atomic E-state index is -4.46. The lowest BCUT2D eigenvalue weighted by Gasteiger charge is -2.43. The van der Waals surface area contributed by atoms with Gasteiger partial charge >= 0.3 is 6.18 Å². The van der Waals surface area contributed by atoms with Crippen LogP contribution in [0.25, 0.3) is 0 Å². The zero-order valence-corrected chi connectivity index (χ0v) is 11.3. The van der Waals surface area contributed by atoms with Crippen molar-refractivity contribution in [2.45, 2.75) is 31.7 Å². The van der Waals surface area contributed by atoms with Gasteiger partial charge in [0.2, 0.25) is 0 Å². The SMILES string of the molecule is CC1(C)CN(c2ncccc2C(F)(F)F)CC(CO)O1. The average Bonchev–Trinajstić information content (AvgIpc) is 2.35. The number of anilines is 1. The van der Waals surface area contributed by atoms with Crippen LogP contribution in [0, 0.1) is 0 Å². The Kier molecular flexibility index (Phi) is 3.93. The highest BCUT2D eigenvalue weighted by molar-refractivity contribution is 5.49. The van der Waals surface area contributed by atoms with E-state index in [0.717, 1.165) is 6.07 Å². The molecule has 1 atom stereocenters. The van der Waals surface area contributed by atoms with Crippen LogP contribution in [-0.4, -0.2) is 41.5 Å². The van der Waals surface area contributed by atoms with Crippen LogP contribution in [0.4, 0.5) is 19.0 Å². The summed E-state index contributed by atoms with van der Waals surface area (Å²) in [6, 6.07) is 2.28. The largest absolute Gasteiger partial charge is 0.419 e. The third-order valence-corrected chi connectivity index (χ3v) is 3.08. The van der Waals surface area contributed by atoms with Crippen molar-refractivity contribution in [3.63, 3.8) is 0 Å². The Labute approximate surface area is 115 Å². The van der Waals surface area contributed by atoms with Crippen LogP contribution in [-0.2, 0) is 10.9 Å². The fourth-order valence-corrected chi connectivity index (χ4v) is 2.42. The number of hydrogen-bond acceptors (Lipinski definition) is 4. The minimum Gasteiger partial charge on any atom is -0.394 e. The molecule has 1 aromatic heterocycles. The maximum atomic E-state index is 13.0. The van der Waals surface area contributed by atoms with E-state index in [1.807, 2.05) is 0 Å². The summed E-state index contributed by atoms with van der Waals surface area (Å²) in [5, 5.41) is 9.22. The van der Waals surface area contributed by atoms with Crippen molar-refractivity contribution in [1.29, 1.82) is 0 Å². The smallest absolute Gasteiger partial charge is 0.394 e. The number of morpholine rings is 1. The summed E-state index contributed by atoms with van der Waals surface area (Å²) in [5.74, 6) is -0.116. The molecule has 1 saturated heterocycles. The number of nitrogens with zero attached hydrogens (tertiary/aromatic N) is 2. The van der Waals surface area contributed by atoms with Crippen LogP contribution in [0.2, 0.25) is 0 Å². The second-order valence-electron chi connectivity index (χ2n) is 5.43. The molecule has 0 saturated carbocycles. The zero-order valence-electron chi connectivity index (χ0n) is 11.3. The summed E-state index contributed by atoms with van der Waals surface area (Å²) >= 11 is 0. The monoisotopic (exact) mass is 290 g/mol. The predicted molar refractivity (Wildman–Crippen MR) is 67.5 cm³/mol. The molecule has 0 spiro atoms. The number of halogens is 3. The number of ether oxygens (including phenoxy) is 1. The summed E-state index contributed by atoms with van der Waals surface area (Å²) in [7, 11) is 0. The van der Waals surface area contributed by atoms with Crippen molar-refractivity contribution >= 4 is 5.82 Å². The second-order valence-corrected chi connectivity index (χ2v) is 5.43. The van der Waals surface area contributed by atoms with Gasteiger partial charge in [0.05, 0.1) is 23.9 Å². The van der Waals surface area contributed by atoms with Gasteiger partial charge in [0, 0.05) is 19.3 Å². The Morgan fingerprint density at radius 3 is 2.80 bits per heavy atom. The first-order valence-electron chi connectivity index (χ1n) is 6.29. The number of hydrogen-bond donors (Lipinski definition) is 1. The van der Waals surface area contributed by atoms with Gasteiger partial charge in [-0.25, -0.2) is 4.98 Å². The molecule has 1 N–H and O–H groups in total. The fraction of sp³-hybridized carbons (Fsp3) is 0.615. The Morgan fingerprint density at radius 1 is 1.50 bits per heavy atom. The summed E-state index contributed by atoms with van der Waals surface area (Å²) in [6.07, 6.45) is -3.65. The molecule has 1 aliphatic heterocycles. The molecule has 0 aromatic carbocycles. The van der Waals surface area contributed by atoms with Crippen molar-refractivity contribution in [3.8, 4) is 0 Å². The predicted octanol–water partition coefficient (Wildman–Crippen LogP) is 2.08. The molecule has 7 heteroatoms. The first-order valence-corrected chi connectivity index (χ1v) is 6.29. The molecular formula is C13H17F3N2O2. The molecule has 0 bridgehead atoms. The fourth-order valence-electron chi connectivity index (χ4n) is 2.42. The van der Waals surface area contributed by atoms with E-state index in [9.17, 15) is 18.3 Å². The second kappa shape index (κ2) is 5.21. The van der Waals surface area contributed by atoms with E-state index in [1.54, 1.807) is 13.8 Å². The molecule has 4 nitrogen and oxygen atoms in total. The van der Waals surface area contributed by atoms with Gasteiger partial charge in [0.15, 0.2) is 0 Å². The molecule has 0 radical (unpaired) electrons. The molecule has 1 unspecified atom stereocenters. The van der Waals surface area contributed by atoms with E-state index < -0.39 is 23.4 Å². The molecule has 2 heterocycles. The van der Waals surface area contributed by atoms with Crippen molar-refractivity contribution < 1.29 is 23.0 Å². The van der Waals surface area contributed by atoms with Gasteiger partial charge in [0.25, 0.3) is 0 Å². The molecule has 1 fully saturated rings. The number of alkyl halides is 3. The highest BCUT2D eigenvalue weighted by Gasteiger charge is 2.39. The Bertz CT molecular complexity index is 477. The maximum absolute atomic E-state index is 13.0. The van der Waals surface area contributed by atoms with E-state index in [2.05, 4.69) is 4.98 Å². The lowest BCUT2D eigenvalue weighted by Crippen LogP contribution is -2.54. The Hall–Kier alpha value is -1.34. The van der Waals surface area contributed by atoms with Gasteiger partial charge in [-0.1, -0.05) is 0 Å². The first-order chi connectivity index (χ1) is 9.23. The van der Waals surface area contributed by atoms with Gasteiger partial charge in [-0.05, 0) is 26.0 Å². The van der Waals surface area contributed by atoms with Crippen molar-refractivity contribution in [3.05, 3.63) is 23.9 Å². The lowest BCUT2D eigenvalue weighted by atomic mass is 10.0. The van der Waals surface area contributed by atoms with Gasteiger partial charge in [-0.2, -0.15) is 13.2 Å². The van der Waals surface area contributed by atoms with E-state index in [-0.39, 0.29) is 25.5 Å². The van der Waals surface area contributed by atoms with Gasteiger partial charge in [-0.15, -0.1) is 0 Å². The quantitative estimate of drug-likeness (QED) is 0.906. The highest BCUT2D eigenvalue weighted by atomic mass is 19.4. The zero-order chi connectivity index (χ0) is 15.0. The molecule has 2 rings (SSSR count). The molecule has 1 aromatic rings. The topological polar surface area (TPSA) is 45.6 Å². The van der Waals surface area contributed by atoms with Crippen molar-refractivity contribution in [2.75, 3.05) is 24.6 Å². The van der Waals surface area contributed by atoms with Crippen molar-refractivity contribution in [2.24, 2.45) is 0 Å². The van der Waals surface area contributed by atoms with Crippen LogP contribution in [0.3, 0.4) is 0 Å². The summed E-state index contributed by atoms with van der Waals surface area (Å²) in [5.41, 5.74) is -1.42. The van der Waals surface area contributed by atoms with Gasteiger partial charge < -0.3 is 14.7 Å². The van der Waals surface area contributed by atoms with E-state index >= 15 is 0 Å². The molecule has 0 amide bonds. The summed E-state index contributed by atoms with van der Waals surface area (Å²) < 4.78 is 44.7. The van der Waals surface area contributed by atoms with Crippen LogP contribution in [0.1, 0.15) is 19.4 Å². The third kappa shape index (κ3) is 3.21. The molecule has 0 aliphatic carbocycles. The van der Waals surface area contributed by atoms with Gasteiger partial charge in [0.1, 0.15) is 5.82 Å². The van der Waals surface area contributed by atoms with Gasteiger partial charge in [-0.3, -0.25) is 0 Å². The van der Waals surface area contributed by atoms with Crippen LogP contribution < -0.4 is 4.90 Å². The standard InChI is InChI=1S/C13H17F3N2O2/c1-12(2)8-18(6-9(7-19)20-12)11-10(13(14,15)16)4-3-5-17-11/h3-5,9,19H,6-8H2,1-2H3. The Balaban J connectivity index is 2.36. The number of rotatable bonds is 2. The number of aliphatic hydroxyl groups is 1. The molecular weight excluding hydrogens is 273 g/mol. The number of aromatic nitrogens is 1. The van der Waals surface area contributed by atoms with E-state index in [4.69, 9.17) is 4.74 Å². The molecule has 20 heavy (non-hydrogen) atoms. The Morgan fingerprint density at radius 2 is 2.20 bits per heavy atom. The normalized spacial score (nSPS) is 22.9. The lowest BCUT2D eigenvalue weighted by molar-refractivity contribution is -0.138. The van der Waals surface area contributed by atoms with E-state index in [1.165, 1.54) is 17.2 Å². The average molecular weight is 290 g/mol. The van der Waals surface area contributed by atoms with E-state index in [0.29, 0.717) is 0 Å². The number of aliphatic hydroxyl groups excluding tert-OH is 1. The summed E-state index contributed by atoms with van der Waals surface area (Å²) in [4.78, 5) is 5.39. The minimum absolute atomic E-state index is 0.116. The van der Waals surface area contributed by atoms with Crippen LogP contribution >= 0.6 is 0 Å². The molecule has 1 aliphatic rings. The highest BCUT2D eigenvalue weighted by Crippen LogP contribution is 2.36. The third-order valence-electron chi connectivity index (χ3n) is 3.08.